The van der Waals surface area contributed by atoms with Gasteiger partial charge in [-0.2, -0.15) is 5.10 Å². The molecule has 1 aliphatic rings. The maximum Gasteiger partial charge on any atom is 0.163 e. The van der Waals surface area contributed by atoms with E-state index in [1.54, 1.807) is 36.1 Å². The van der Waals surface area contributed by atoms with E-state index >= 15 is 0 Å². The zero-order valence-corrected chi connectivity index (χ0v) is 19.0. The van der Waals surface area contributed by atoms with Crippen LogP contribution in [-0.2, 0) is 7.05 Å². The van der Waals surface area contributed by atoms with Gasteiger partial charge in [0.2, 0.25) is 0 Å². The van der Waals surface area contributed by atoms with Gasteiger partial charge in [-0.05, 0) is 48.9 Å². The fourth-order valence-electron chi connectivity index (χ4n) is 4.69. The second kappa shape index (κ2) is 10.1. The Kier molecular flexibility index (Phi) is 7.22. The van der Waals surface area contributed by atoms with Crippen LogP contribution in [0.4, 0.5) is 8.78 Å². The average molecular weight is 474 g/mol. The van der Waals surface area contributed by atoms with Gasteiger partial charge in [-0.1, -0.05) is 41.9 Å². The van der Waals surface area contributed by atoms with Gasteiger partial charge in [0.25, 0.3) is 0 Å². The van der Waals surface area contributed by atoms with Crippen molar-refractivity contribution < 1.29 is 18.7 Å². The van der Waals surface area contributed by atoms with Crippen LogP contribution in [0.15, 0.2) is 48.7 Å². The quantitative estimate of drug-likeness (QED) is 0.486. The van der Waals surface area contributed by atoms with Crippen LogP contribution in [-0.4, -0.2) is 39.9 Å². The minimum Gasteiger partial charge on any atom is -0.396 e. The highest BCUT2D eigenvalue weighted by Gasteiger charge is 2.33. The molecule has 3 atom stereocenters. The first-order valence-corrected chi connectivity index (χ1v) is 11.4. The second-order valence-corrected chi connectivity index (χ2v) is 8.97. The van der Waals surface area contributed by atoms with Crippen molar-refractivity contribution in [1.82, 2.24) is 15.1 Å². The maximum atomic E-state index is 13.9. The number of piperidine rings is 1. The molecule has 0 radical (unpaired) electrons. The lowest BCUT2D eigenvalue weighted by Crippen LogP contribution is -2.44. The third-order valence-corrected chi connectivity index (χ3v) is 6.72. The van der Waals surface area contributed by atoms with Crippen molar-refractivity contribution in [2.45, 2.75) is 31.2 Å². The number of hydrogen-bond acceptors (Lipinski definition) is 4. The Morgan fingerprint density at radius 2 is 1.97 bits per heavy atom. The Labute approximate surface area is 196 Å². The maximum absolute atomic E-state index is 13.9. The molecule has 0 saturated carbocycles. The molecule has 4 rings (SSSR count). The van der Waals surface area contributed by atoms with Crippen LogP contribution >= 0.6 is 11.6 Å². The van der Waals surface area contributed by atoms with Crippen molar-refractivity contribution in [3.63, 3.8) is 0 Å². The number of aromatic nitrogens is 2. The molecular formula is C25H26ClF2N3O2. The van der Waals surface area contributed by atoms with E-state index in [1.807, 2.05) is 12.1 Å². The number of nitrogens with one attached hydrogen (secondary N) is 1. The molecule has 0 spiro atoms. The minimum atomic E-state index is -0.890. The first-order valence-electron chi connectivity index (χ1n) is 11.0. The smallest absolute Gasteiger partial charge is 0.163 e. The molecule has 1 aliphatic heterocycles. The van der Waals surface area contributed by atoms with E-state index in [1.165, 1.54) is 6.07 Å². The fraction of sp³-hybridized carbons (Fsp3) is 0.360. The van der Waals surface area contributed by atoms with Crippen LogP contribution in [0.5, 0.6) is 0 Å². The van der Waals surface area contributed by atoms with E-state index in [0.29, 0.717) is 35.5 Å². The van der Waals surface area contributed by atoms with E-state index in [-0.39, 0.29) is 36.7 Å². The van der Waals surface area contributed by atoms with Gasteiger partial charge < -0.3 is 10.4 Å². The highest BCUT2D eigenvalue weighted by molar-refractivity contribution is 6.33. The van der Waals surface area contributed by atoms with Crippen molar-refractivity contribution in [1.29, 1.82) is 0 Å². The summed E-state index contributed by atoms with van der Waals surface area (Å²) in [6.45, 7) is 0.599. The van der Waals surface area contributed by atoms with Crippen molar-refractivity contribution in [3.8, 4) is 11.3 Å². The van der Waals surface area contributed by atoms with Gasteiger partial charge in [-0.3, -0.25) is 9.48 Å². The summed E-state index contributed by atoms with van der Waals surface area (Å²) in [7, 11) is 1.80. The molecule has 0 aliphatic carbocycles. The van der Waals surface area contributed by atoms with Crippen molar-refractivity contribution in [2.24, 2.45) is 13.0 Å². The van der Waals surface area contributed by atoms with Crippen LogP contribution in [0.3, 0.4) is 0 Å². The predicted octanol–water partition coefficient (Wildman–Crippen LogP) is 4.74. The number of aliphatic hydroxyl groups excluding tert-OH is 1. The van der Waals surface area contributed by atoms with Crippen molar-refractivity contribution in [2.75, 3.05) is 13.2 Å². The second-order valence-electron chi connectivity index (χ2n) is 8.56. The molecule has 0 amide bonds. The van der Waals surface area contributed by atoms with Gasteiger partial charge >= 0.3 is 0 Å². The molecule has 8 heteroatoms. The summed E-state index contributed by atoms with van der Waals surface area (Å²) in [5, 5.41) is 17.4. The van der Waals surface area contributed by atoms with Crippen LogP contribution in [0.2, 0.25) is 5.02 Å². The number of benzene rings is 2. The topological polar surface area (TPSA) is 67.2 Å². The van der Waals surface area contributed by atoms with Crippen LogP contribution < -0.4 is 5.32 Å². The first kappa shape index (κ1) is 23.5. The van der Waals surface area contributed by atoms with E-state index in [0.717, 1.165) is 17.3 Å². The standard InChI is InChI=1S/C25H26ClF2N3O2/c1-31-25(21(26)14-30-31)16-4-2-15(3-5-16)24(33)11-18-13-29-19(8-9-32)12-20(18)17-6-7-22(27)23(28)10-17/h2-7,10,14,18-20,29,32H,8-9,11-13H2,1H3/t18-,19?,20+/m1/s1. The Morgan fingerprint density at radius 1 is 1.21 bits per heavy atom. The van der Waals surface area contributed by atoms with Gasteiger partial charge in [0.15, 0.2) is 17.4 Å². The van der Waals surface area contributed by atoms with Gasteiger partial charge in [0.05, 0.1) is 16.9 Å². The summed E-state index contributed by atoms with van der Waals surface area (Å²) in [4.78, 5) is 13.1. The average Bonchev–Trinajstić information content (AvgIpc) is 3.15. The van der Waals surface area contributed by atoms with Gasteiger partial charge in [0.1, 0.15) is 0 Å². The highest BCUT2D eigenvalue weighted by atomic mass is 35.5. The third-order valence-electron chi connectivity index (χ3n) is 6.45. The number of aryl methyl sites for hydroxylation is 1. The van der Waals surface area contributed by atoms with E-state index in [4.69, 9.17) is 11.6 Å². The lowest BCUT2D eigenvalue weighted by Gasteiger charge is -2.37. The number of halogens is 3. The van der Waals surface area contributed by atoms with Gasteiger partial charge in [-0.15, -0.1) is 0 Å². The number of nitrogens with zero attached hydrogens (tertiary/aromatic N) is 2. The Balaban J connectivity index is 1.53. The fourth-order valence-corrected chi connectivity index (χ4v) is 4.96. The largest absolute Gasteiger partial charge is 0.396 e. The molecule has 3 aromatic rings. The molecule has 1 fully saturated rings. The lowest BCUT2D eigenvalue weighted by molar-refractivity contribution is 0.0936. The summed E-state index contributed by atoms with van der Waals surface area (Å²) in [5.41, 5.74) is 2.90. The lowest BCUT2D eigenvalue weighted by atomic mass is 9.75. The molecule has 1 unspecified atom stereocenters. The zero-order valence-electron chi connectivity index (χ0n) is 18.3. The summed E-state index contributed by atoms with van der Waals surface area (Å²) in [6, 6.07) is 11.3. The Hall–Kier alpha value is -2.61. The molecule has 2 N–H and O–H groups in total. The monoisotopic (exact) mass is 473 g/mol. The van der Waals surface area contributed by atoms with Crippen molar-refractivity contribution in [3.05, 3.63) is 76.4 Å². The molecule has 0 bridgehead atoms. The van der Waals surface area contributed by atoms with Gasteiger partial charge in [-0.25, -0.2) is 8.78 Å². The molecule has 174 valence electrons. The van der Waals surface area contributed by atoms with Crippen LogP contribution in [0.1, 0.15) is 41.1 Å². The predicted molar refractivity (Wildman–Crippen MR) is 123 cm³/mol. The minimum absolute atomic E-state index is 0.0161. The van der Waals surface area contributed by atoms with Crippen molar-refractivity contribution >= 4 is 17.4 Å². The van der Waals surface area contributed by atoms with Crippen LogP contribution in [0.25, 0.3) is 11.3 Å². The number of carbonyl (C=O) groups is 1. The van der Waals surface area contributed by atoms with Gasteiger partial charge in [0, 0.05) is 37.2 Å². The van der Waals surface area contributed by atoms with Crippen LogP contribution in [0, 0.1) is 17.6 Å². The number of carbonyl (C=O) groups excluding carboxylic acids is 1. The summed E-state index contributed by atoms with van der Waals surface area (Å²) < 4.78 is 29.1. The number of hydrogen-bond donors (Lipinski definition) is 2. The molecule has 2 heterocycles. The number of aliphatic hydroxyl groups is 1. The van der Waals surface area contributed by atoms with E-state index in [9.17, 15) is 18.7 Å². The summed E-state index contributed by atoms with van der Waals surface area (Å²) in [6.07, 6.45) is 3.06. The number of rotatable bonds is 7. The molecule has 33 heavy (non-hydrogen) atoms. The molecule has 1 aromatic heterocycles. The summed E-state index contributed by atoms with van der Waals surface area (Å²) in [5.74, 6) is -1.99. The first-order chi connectivity index (χ1) is 15.9. The zero-order chi connectivity index (χ0) is 23.5. The SMILES string of the molecule is Cn1ncc(Cl)c1-c1ccc(C(=O)C[C@@H]2CNC(CCO)C[C@H]2c2ccc(F)c(F)c2)cc1. The number of ketones is 1. The number of Topliss-reactive ketones (excluding diaryl/α,β-unsaturated/α-hetero) is 1. The third kappa shape index (κ3) is 5.16. The summed E-state index contributed by atoms with van der Waals surface area (Å²) >= 11 is 6.22. The highest BCUT2D eigenvalue weighted by Crippen LogP contribution is 2.36. The molecule has 2 aromatic carbocycles. The Morgan fingerprint density at radius 3 is 2.61 bits per heavy atom. The molecular weight excluding hydrogens is 448 g/mol. The normalized spacial score (nSPS) is 20.7. The molecule has 5 nitrogen and oxygen atoms in total. The molecule has 1 saturated heterocycles. The van der Waals surface area contributed by atoms with E-state index in [2.05, 4.69) is 10.4 Å². The van der Waals surface area contributed by atoms with E-state index < -0.39 is 11.6 Å². The Bertz CT molecular complexity index is 1110.